The zero-order chi connectivity index (χ0) is 18.3. The Morgan fingerprint density at radius 2 is 1.88 bits per heavy atom. The van der Waals surface area contributed by atoms with Crippen LogP contribution < -0.4 is 9.46 Å². The smallest absolute Gasteiger partial charge is 0.241 e. The van der Waals surface area contributed by atoms with E-state index < -0.39 is 10.0 Å². The summed E-state index contributed by atoms with van der Waals surface area (Å²) in [6.07, 6.45) is 1.60. The standard InChI is InChI=1S/C18H18N2O4S/c1-14-5-8-17(13-19-14)24-12-4-3-11-20-25(22,23)18-9-6-16(7-10-18)15(2)21/h5-10,13,20H,11-12H2,1-2H3. The maximum Gasteiger partial charge on any atom is 0.241 e. The lowest BCUT2D eigenvalue weighted by atomic mass is 10.2. The number of nitrogens with one attached hydrogen (secondary N) is 1. The summed E-state index contributed by atoms with van der Waals surface area (Å²) < 4.78 is 31.9. The van der Waals surface area contributed by atoms with Gasteiger partial charge in [-0.3, -0.25) is 9.78 Å². The number of ketones is 1. The number of carbonyl (C=O) groups excluding carboxylic acids is 1. The second-order valence-corrected chi connectivity index (χ2v) is 6.95. The maximum absolute atomic E-state index is 12.1. The SMILES string of the molecule is CC(=O)c1ccc(S(=O)(=O)NCC#CCOc2ccc(C)nc2)cc1. The Labute approximate surface area is 147 Å². The Morgan fingerprint density at radius 3 is 2.48 bits per heavy atom. The number of Topliss-reactive ketones (excluding diaryl/α,β-unsaturated/α-hetero) is 1. The van der Waals surface area contributed by atoms with Crippen LogP contribution in [0.15, 0.2) is 47.5 Å². The normalized spacial score (nSPS) is 10.6. The molecule has 0 unspecified atom stereocenters. The molecule has 6 nitrogen and oxygen atoms in total. The second-order valence-electron chi connectivity index (χ2n) is 5.18. The van der Waals surface area contributed by atoms with Gasteiger partial charge in [-0.2, -0.15) is 4.72 Å². The molecule has 1 N–H and O–H groups in total. The summed E-state index contributed by atoms with van der Waals surface area (Å²) in [6.45, 7) is 3.40. The van der Waals surface area contributed by atoms with Crippen LogP contribution in [0.4, 0.5) is 0 Å². The molecule has 1 aromatic carbocycles. The van der Waals surface area contributed by atoms with E-state index in [1.54, 1.807) is 12.3 Å². The molecule has 2 aromatic rings. The van der Waals surface area contributed by atoms with Crippen molar-refractivity contribution in [2.45, 2.75) is 18.7 Å². The minimum atomic E-state index is -3.66. The number of hydrogen-bond donors (Lipinski definition) is 1. The Kier molecular flexibility index (Phi) is 6.28. The highest BCUT2D eigenvalue weighted by Crippen LogP contribution is 2.10. The van der Waals surface area contributed by atoms with E-state index in [4.69, 9.17) is 4.74 Å². The zero-order valence-corrected chi connectivity index (χ0v) is 14.8. The summed E-state index contributed by atoms with van der Waals surface area (Å²) >= 11 is 0. The van der Waals surface area contributed by atoms with Gasteiger partial charge in [-0.25, -0.2) is 8.42 Å². The fourth-order valence-electron chi connectivity index (χ4n) is 1.86. The molecule has 0 atom stereocenters. The number of pyridine rings is 1. The predicted octanol–water partition coefficient (Wildman–Crippen LogP) is 1.95. The van der Waals surface area contributed by atoms with Crippen molar-refractivity contribution in [3.05, 3.63) is 53.9 Å². The zero-order valence-electron chi connectivity index (χ0n) is 13.9. The average molecular weight is 358 g/mol. The van der Waals surface area contributed by atoms with Gasteiger partial charge in [0.25, 0.3) is 0 Å². The molecule has 1 heterocycles. The number of rotatable bonds is 6. The summed E-state index contributed by atoms with van der Waals surface area (Å²) in [7, 11) is -3.66. The van der Waals surface area contributed by atoms with Gasteiger partial charge in [0, 0.05) is 11.3 Å². The largest absolute Gasteiger partial charge is 0.479 e. The number of hydrogen-bond acceptors (Lipinski definition) is 5. The lowest BCUT2D eigenvalue weighted by Crippen LogP contribution is -2.24. The van der Waals surface area contributed by atoms with Crippen LogP contribution in [0.3, 0.4) is 0 Å². The van der Waals surface area contributed by atoms with E-state index in [1.807, 2.05) is 13.0 Å². The van der Waals surface area contributed by atoms with Gasteiger partial charge in [0.05, 0.1) is 17.6 Å². The van der Waals surface area contributed by atoms with Crippen molar-refractivity contribution in [2.24, 2.45) is 0 Å². The number of aromatic nitrogens is 1. The van der Waals surface area contributed by atoms with Crippen LogP contribution in [0.25, 0.3) is 0 Å². The van der Waals surface area contributed by atoms with Crippen LogP contribution in [0.5, 0.6) is 5.75 Å². The number of sulfonamides is 1. The molecule has 0 aliphatic heterocycles. The van der Waals surface area contributed by atoms with Crippen LogP contribution in [0, 0.1) is 18.8 Å². The Morgan fingerprint density at radius 1 is 1.16 bits per heavy atom. The Balaban J connectivity index is 1.84. The van der Waals surface area contributed by atoms with E-state index in [0.29, 0.717) is 11.3 Å². The van der Waals surface area contributed by atoms with Gasteiger partial charge < -0.3 is 4.74 Å². The fraction of sp³-hybridized carbons (Fsp3) is 0.222. The summed E-state index contributed by atoms with van der Waals surface area (Å²) in [5.74, 6) is 5.89. The lowest BCUT2D eigenvalue weighted by Gasteiger charge is -2.04. The molecule has 25 heavy (non-hydrogen) atoms. The summed E-state index contributed by atoms with van der Waals surface area (Å²) in [4.78, 5) is 15.4. The van der Waals surface area contributed by atoms with E-state index >= 15 is 0 Å². The first kappa shape index (κ1) is 18.6. The van der Waals surface area contributed by atoms with E-state index in [2.05, 4.69) is 21.5 Å². The van der Waals surface area contributed by atoms with Gasteiger partial charge in [0.15, 0.2) is 5.78 Å². The van der Waals surface area contributed by atoms with Crippen LogP contribution in [-0.2, 0) is 10.0 Å². The van der Waals surface area contributed by atoms with E-state index in [9.17, 15) is 13.2 Å². The number of benzene rings is 1. The van der Waals surface area contributed by atoms with Crippen molar-refractivity contribution in [3.63, 3.8) is 0 Å². The molecule has 0 radical (unpaired) electrons. The highest BCUT2D eigenvalue weighted by molar-refractivity contribution is 7.89. The molecule has 0 aliphatic carbocycles. The first-order valence-electron chi connectivity index (χ1n) is 7.50. The van der Waals surface area contributed by atoms with Crippen LogP contribution in [0.2, 0.25) is 0 Å². The van der Waals surface area contributed by atoms with Crippen LogP contribution >= 0.6 is 0 Å². The molecule has 0 saturated heterocycles. The molecule has 0 saturated carbocycles. The molecule has 2 rings (SSSR count). The van der Waals surface area contributed by atoms with E-state index in [-0.39, 0.29) is 23.8 Å². The fourth-order valence-corrected chi connectivity index (χ4v) is 2.78. The molecule has 1 aromatic heterocycles. The van der Waals surface area contributed by atoms with Crippen molar-refractivity contribution in [2.75, 3.05) is 13.2 Å². The minimum absolute atomic E-state index is 0.0354. The van der Waals surface area contributed by atoms with Crippen molar-refractivity contribution in [1.82, 2.24) is 9.71 Å². The molecular formula is C18H18N2O4S. The van der Waals surface area contributed by atoms with Gasteiger partial charge >= 0.3 is 0 Å². The van der Waals surface area contributed by atoms with Gasteiger partial charge in [-0.15, -0.1) is 0 Å². The van der Waals surface area contributed by atoms with Crippen LogP contribution in [0.1, 0.15) is 23.0 Å². The van der Waals surface area contributed by atoms with Gasteiger partial charge in [0.2, 0.25) is 10.0 Å². The third-order valence-corrected chi connectivity index (χ3v) is 4.66. The molecule has 0 spiro atoms. The number of ether oxygens (including phenoxy) is 1. The molecule has 7 heteroatoms. The first-order valence-corrected chi connectivity index (χ1v) is 8.98. The Bertz CT molecular complexity index is 893. The summed E-state index contributed by atoms with van der Waals surface area (Å²) in [5.41, 5.74) is 1.35. The molecule has 0 aliphatic rings. The Hall–Kier alpha value is -2.69. The summed E-state index contributed by atoms with van der Waals surface area (Å²) in [5, 5.41) is 0. The minimum Gasteiger partial charge on any atom is -0.479 e. The van der Waals surface area contributed by atoms with E-state index in [0.717, 1.165) is 5.69 Å². The van der Waals surface area contributed by atoms with Crippen molar-refractivity contribution in [3.8, 4) is 17.6 Å². The van der Waals surface area contributed by atoms with Crippen molar-refractivity contribution < 1.29 is 17.9 Å². The predicted molar refractivity (Wildman–Crippen MR) is 93.9 cm³/mol. The van der Waals surface area contributed by atoms with Gasteiger partial charge in [-0.1, -0.05) is 24.0 Å². The highest BCUT2D eigenvalue weighted by atomic mass is 32.2. The van der Waals surface area contributed by atoms with Gasteiger partial charge in [0.1, 0.15) is 12.4 Å². The monoisotopic (exact) mass is 358 g/mol. The van der Waals surface area contributed by atoms with Crippen molar-refractivity contribution in [1.29, 1.82) is 0 Å². The molecule has 0 bridgehead atoms. The number of aryl methyl sites for hydroxylation is 1. The third-order valence-electron chi connectivity index (χ3n) is 3.24. The molecule has 0 fully saturated rings. The van der Waals surface area contributed by atoms with E-state index in [1.165, 1.54) is 31.2 Å². The second kappa shape index (κ2) is 8.42. The topological polar surface area (TPSA) is 85.4 Å². The number of carbonyl (C=O) groups is 1. The lowest BCUT2D eigenvalue weighted by molar-refractivity contribution is 0.101. The molecule has 130 valence electrons. The maximum atomic E-state index is 12.1. The average Bonchev–Trinajstić information content (AvgIpc) is 2.59. The molecular weight excluding hydrogens is 340 g/mol. The first-order chi connectivity index (χ1) is 11.9. The summed E-state index contributed by atoms with van der Waals surface area (Å²) in [6, 6.07) is 9.35. The molecule has 0 amide bonds. The number of nitrogens with zero attached hydrogens (tertiary/aromatic N) is 1. The van der Waals surface area contributed by atoms with Gasteiger partial charge in [-0.05, 0) is 38.1 Å². The van der Waals surface area contributed by atoms with Crippen LogP contribution in [-0.4, -0.2) is 32.3 Å². The highest BCUT2D eigenvalue weighted by Gasteiger charge is 2.12. The third kappa shape index (κ3) is 5.71. The quantitative estimate of drug-likeness (QED) is 0.630. The van der Waals surface area contributed by atoms with Crippen molar-refractivity contribution >= 4 is 15.8 Å².